The molecule has 0 aliphatic carbocycles. The summed E-state index contributed by atoms with van der Waals surface area (Å²) >= 11 is 15.5. The van der Waals surface area contributed by atoms with E-state index in [2.05, 4.69) is 4.74 Å². The van der Waals surface area contributed by atoms with Gasteiger partial charge in [-0.15, -0.1) is 0 Å². The van der Waals surface area contributed by atoms with Gasteiger partial charge in [-0.3, -0.25) is 0 Å². The molecule has 0 amide bonds. The summed E-state index contributed by atoms with van der Waals surface area (Å²) in [5.41, 5.74) is -1.48. The second-order valence-electron chi connectivity index (χ2n) is 2.44. The lowest BCUT2D eigenvalue weighted by molar-refractivity contribution is 0.381. The number of hydrogen-bond donors (Lipinski definition) is 0. The zero-order valence-corrected chi connectivity index (χ0v) is 10.1. The quantitative estimate of drug-likeness (QED) is 0.273. The Morgan fingerprint density at radius 1 is 0.688 bits per heavy atom. The minimum absolute atomic E-state index is 1.48. The average Bonchev–Trinajstić information content (AvgIpc) is 2.17. The van der Waals surface area contributed by atoms with Crippen LogP contribution in [0.2, 0.25) is 0 Å². The Hall–Kier alpha value is -0.0300. The molecule has 0 saturated carbocycles. The van der Waals surface area contributed by atoms with Crippen LogP contribution in [-0.4, -0.2) is 0 Å². The number of benzene rings is 1. The van der Waals surface area contributed by atoms with Gasteiger partial charge in [0.15, 0.2) is 23.3 Å². The summed E-state index contributed by atoms with van der Waals surface area (Å²) in [6.07, 6.45) is 0. The molecule has 1 nitrogen and oxygen atoms in total. The predicted molar refractivity (Wildman–Crippen MR) is 52.8 cm³/mol. The van der Waals surface area contributed by atoms with Crippen molar-refractivity contribution < 1.29 is 22.0 Å². The molecule has 0 atom stereocenters. The predicted octanol–water partition coefficient (Wildman–Crippen LogP) is 5.68. The third-order valence-electron chi connectivity index (χ3n) is 1.40. The lowest BCUT2D eigenvalue weighted by Gasteiger charge is -2.05. The number of nitrogens with zero attached hydrogens (tertiary/aromatic N) is 1. The van der Waals surface area contributed by atoms with Crippen molar-refractivity contribution >= 4 is 44.5 Å². The molecule has 1 aromatic carbocycles. The zero-order chi connectivity index (χ0) is 12.7. The smallest absolute Gasteiger partial charge is 0.217 e. The van der Waals surface area contributed by atoms with Crippen LogP contribution in [0.4, 0.5) is 27.6 Å². The minimum Gasteiger partial charge on any atom is -0.217 e. The van der Waals surface area contributed by atoms with Crippen LogP contribution < -0.4 is 0 Å². The first-order valence-electron chi connectivity index (χ1n) is 3.38. The summed E-state index contributed by atoms with van der Waals surface area (Å²) in [5.74, 6) is -10.9. The van der Waals surface area contributed by atoms with Crippen LogP contribution in [0.1, 0.15) is 0 Å². The molecule has 10 heteroatoms. The first-order valence-corrected chi connectivity index (χ1v) is 7.83. The van der Waals surface area contributed by atoms with Crippen molar-refractivity contribution in [3.63, 3.8) is 0 Å². The van der Waals surface area contributed by atoms with Crippen LogP contribution in [0.3, 0.4) is 0 Å². The van der Waals surface area contributed by atoms with E-state index < -0.39 is 39.9 Å². The first-order chi connectivity index (χ1) is 7.15. The summed E-state index contributed by atoms with van der Waals surface area (Å²) in [7, 11) is 0. The second-order valence-corrected chi connectivity index (χ2v) is 9.43. The molecule has 1 rings (SSSR count). The van der Waals surface area contributed by atoms with Crippen LogP contribution >= 0.6 is 38.8 Å². The van der Waals surface area contributed by atoms with Gasteiger partial charge in [0.05, 0.1) is 0 Å². The fraction of sp³-hybridized carbons (Fsp3) is 0. The molecular formula is C6Cl3F5NP. The largest absolute Gasteiger partial charge is 0.229 e. The molecule has 0 N–H and O–H groups in total. The summed E-state index contributed by atoms with van der Waals surface area (Å²) in [6, 6.07) is 0. The van der Waals surface area contributed by atoms with Gasteiger partial charge in [0, 0.05) is 0 Å². The average molecular weight is 318 g/mol. The van der Waals surface area contributed by atoms with Crippen molar-refractivity contribution in [2.24, 2.45) is 4.74 Å². The van der Waals surface area contributed by atoms with Crippen LogP contribution in [0.15, 0.2) is 4.74 Å². The summed E-state index contributed by atoms with van der Waals surface area (Å²) in [4.78, 5) is 0. The van der Waals surface area contributed by atoms with Gasteiger partial charge in [0.2, 0.25) is 10.9 Å². The number of halogens is 8. The van der Waals surface area contributed by atoms with E-state index in [0.717, 1.165) is 0 Å². The highest BCUT2D eigenvalue weighted by Crippen LogP contribution is 2.67. The fourth-order valence-corrected chi connectivity index (χ4v) is 1.88. The fourth-order valence-electron chi connectivity index (χ4n) is 0.795. The van der Waals surface area contributed by atoms with Crippen molar-refractivity contribution in [3.05, 3.63) is 29.1 Å². The van der Waals surface area contributed by atoms with Crippen molar-refractivity contribution in [3.8, 4) is 0 Å². The molecule has 16 heavy (non-hydrogen) atoms. The van der Waals surface area contributed by atoms with Gasteiger partial charge in [-0.25, -0.2) is 26.7 Å². The number of hydrogen-bond acceptors (Lipinski definition) is 1. The van der Waals surface area contributed by atoms with E-state index in [4.69, 9.17) is 33.7 Å². The Labute approximate surface area is 101 Å². The molecule has 0 unspecified atom stereocenters. The van der Waals surface area contributed by atoms with Crippen molar-refractivity contribution in [2.45, 2.75) is 0 Å². The normalized spacial score (nSPS) is 11.8. The van der Waals surface area contributed by atoms with Gasteiger partial charge >= 0.3 is 0 Å². The standard InChI is InChI=1S/C6Cl3F5NP/c7-16(8,9)15-6-4(13)2(11)1(10)3(12)5(6)14. The van der Waals surface area contributed by atoms with Crippen LogP contribution in [0.25, 0.3) is 0 Å². The minimum atomic E-state index is -3.64. The summed E-state index contributed by atoms with van der Waals surface area (Å²) < 4.78 is 66.6. The highest BCUT2D eigenvalue weighted by atomic mass is 36.0. The first kappa shape index (κ1) is 14.0. The molecule has 0 heterocycles. The molecule has 90 valence electrons. The molecule has 0 bridgehead atoms. The Kier molecular flexibility index (Phi) is 4.11. The third-order valence-corrected chi connectivity index (χ3v) is 2.51. The maximum atomic E-state index is 13.0. The topological polar surface area (TPSA) is 12.4 Å². The molecule has 1 aromatic rings. The zero-order valence-electron chi connectivity index (χ0n) is 6.92. The Balaban J connectivity index is 3.66. The van der Waals surface area contributed by atoms with E-state index in [1.54, 1.807) is 0 Å². The maximum Gasteiger partial charge on any atom is 0.229 e. The lowest BCUT2D eigenvalue weighted by atomic mass is 10.2. The number of rotatable bonds is 1. The summed E-state index contributed by atoms with van der Waals surface area (Å²) in [6.45, 7) is 0. The van der Waals surface area contributed by atoms with Crippen LogP contribution in [-0.2, 0) is 0 Å². The van der Waals surface area contributed by atoms with E-state index in [1.807, 2.05) is 0 Å². The Morgan fingerprint density at radius 3 is 1.31 bits per heavy atom. The monoisotopic (exact) mass is 317 g/mol. The molecule has 0 fully saturated rings. The van der Waals surface area contributed by atoms with Crippen molar-refractivity contribution in [1.82, 2.24) is 0 Å². The highest BCUT2D eigenvalue weighted by molar-refractivity contribution is 8.26. The molecule has 0 aromatic heterocycles. The Morgan fingerprint density at radius 2 is 1.00 bits per heavy atom. The van der Waals surface area contributed by atoms with Crippen molar-refractivity contribution in [1.29, 1.82) is 0 Å². The van der Waals surface area contributed by atoms with E-state index >= 15 is 0 Å². The van der Waals surface area contributed by atoms with Crippen molar-refractivity contribution in [2.75, 3.05) is 0 Å². The van der Waals surface area contributed by atoms with Gasteiger partial charge in [-0.2, -0.15) is 0 Å². The van der Waals surface area contributed by atoms with Crippen LogP contribution in [0.5, 0.6) is 0 Å². The van der Waals surface area contributed by atoms with Gasteiger partial charge in [-0.05, 0) is 33.7 Å². The van der Waals surface area contributed by atoms with Crippen LogP contribution in [0, 0.1) is 29.1 Å². The molecule has 0 spiro atoms. The molecule has 0 radical (unpaired) electrons. The van der Waals surface area contributed by atoms with E-state index in [9.17, 15) is 22.0 Å². The van der Waals surface area contributed by atoms with E-state index in [-0.39, 0.29) is 0 Å². The maximum absolute atomic E-state index is 13.0. The molecule has 0 saturated heterocycles. The second kappa shape index (κ2) is 4.69. The highest BCUT2D eigenvalue weighted by Gasteiger charge is 2.26. The van der Waals surface area contributed by atoms with Gasteiger partial charge < -0.3 is 0 Å². The lowest BCUT2D eigenvalue weighted by Crippen LogP contribution is -2.00. The van der Waals surface area contributed by atoms with Gasteiger partial charge in [0.25, 0.3) is 0 Å². The third kappa shape index (κ3) is 2.80. The van der Waals surface area contributed by atoms with Gasteiger partial charge in [0.1, 0.15) is 5.69 Å². The SMILES string of the molecule is Fc1c(F)c(F)c(N=P(Cl)(Cl)Cl)c(F)c1F. The molecule has 0 aliphatic heterocycles. The molecule has 0 aliphatic rings. The summed E-state index contributed by atoms with van der Waals surface area (Å²) in [5, 5.41) is -3.64. The molecular weight excluding hydrogens is 318 g/mol. The van der Waals surface area contributed by atoms with E-state index in [0.29, 0.717) is 0 Å². The van der Waals surface area contributed by atoms with E-state index in [1.165, 1.54) is 0 Å². The Bertz CT molecular complexity index is 462. The van der Waals surface area contributed by atoms with Gasteiger partial charge in [-0.1, -0.05) is 0 Å².